The first kappa shape index (κ1) is 30.1. The second kappa shape index (κ2) is 13.4. The molecule has 221 valence electrons. The summed E-state index contributed by atoms with van der Waals surface area (Å²) >= 11 is 0. The van der Waals surface area contributed by atoms with Gasteiger partial charge in [-0.25, -0.2) is 0 Å². The molecule has 0 atom stereocenters. The summed E-state index contributed by atoms with van der Waals surface area (Å²) in [5, 5.41) is 8.82. The number of hydrogen-bond donors (Lipinski definition) is 0. The van der Waals surface area contributed by atoms with Gasteiger partial charge in [-0.05, 0) is 44.7 Å². The van der Waals surface area contributed by atoms with Crippen molar-refractivity contribution in [2.45, 2.75) is 39.4 Å². The van der Waals surface area contributed by atoms with Gasteiger partial charge in [0.15, 0.2) is 0 Å². The van der Waals surface area contributed by atoms with Crippen molar-refractivity contribution in [3.63, 3.8) is 0 Å². The van der Waals surface area contributed by atoms with Crippen LogP contribution in [0.1, 0.15) is 26.7 Å². The Balaban J connectivity index is 0.000000202. The molecule has 2 heterocycles. The standard InChI is InChI=1S/C26H20N.C14H16NSi.Ir/c1-17(2)18-13-14-27-26(16-18)19-11-12-24-22-9-4-3-7-20(22)21-8-5-6-10-23(21)25(24)15-19;1-16(2,3)13-9-10-14(15-11-13)12-7-5-4-6-8-12;/h3-10,12-17H,1-2H3;4-7,9-11H,1-3H3;/q2*-1;/i17D;;. The molecule has 0 aliphatic heterocycles. The van der Waals surface area contributed by atoms with Gasteiger partial charge in [0, 0.05) is 33.9 Å². The minimum absolute atomic E-state index is 0. The van der Waals surface area contributed by atoms with Crippen molar-refractivity contribution in [2.24, 2.45) is 0 Å². The van der Waals surface area contributed by atoms with Gasteiger partial charge in [0.1, 0.15) is 0 Å². The summed E-state index contributed by atoms with van der Waals surface area (Å²) in [6, 6.07) is 44.2. The third kappa shape index (κ3) is 6.59. The fraction of sp³-hybridized carbons (Fsp3) is 0.150. The number of hydrogen-bond acceptors (Lipinski definition) is 2. The third-order valence-corrected chi connectivity index (χ3v) is 9.93. The van der Waals surface area contributed by atoms with Crippen LogP contribution in [-0.2, 0) is 20.1 Å². The first-order valence-corrected chi connectivity index (χ1v) is 18.2. The molecule has 4 heteroatoms. The molecule has 44 heavy (non-hydrogen) atoms. The molecule has 0 amide bonds. The molecule has 5 aromatic carbocycles. The number of nitrogens with zero attached hydrogens (tertiary/aromatic N) is 2. The largest absolute Gasteiger partial charge is 0.305 e. The Morgan fingerprint density at radius 1 is 0.636 bits per heavy atom. The van der Waals surface area contributed by atoms with Crippen LogP contribution in [-0.4, -0.2) is 18.0 Å². The Morgan fingerprint density at radius 2 is 1.27 bits per heavy atom. The van der Waals surface area contributed by atoms with Gasteiger partial charge < -0.3 is 9.97 Å². The summed E-state index contributed by atoms with van der Waals surface area (Å²) in [5.41, 5.74) is 4.83. The summed E-state index contributed by atoms with van der Waals surface area (Å²) < 4.78 is 8.32. The zero-order valence-electron chi connectivity index (χ0n) is 26.8. The average molecular weight is 766 g/mol. The molecule has 0 aliphatic rings. The summed E-state index contributed by atoms with van der Waals surface area (Å²) in [6.45, 7) is 10.8. The maximum absolute atomic E-state index is 8.32. The molecule has 2 aromatic heterocycles. The molecule has 0 unspecified atom stereocenters. The van der Waals surface area contributed by atoms with Gasteiger partial charge in [-0.3, -0.25) is 0 Å². The minimum Gasteiger partial charge on any atom is -0.305 e. The molecule has 0 aliphatic carbocycles. The number of pyridine rings is 2. The van der Waals surface area contributed by atoms with E-state index < -0.39 is 14.0 Å². The first-order valence-electron chi connectivity index (χ1n) is 15.2. The molecule has 7 aromatic rings. The molecule has 7 rings (SSSR count). The Labute approximate surface area is 277 Å². The van der Waals surface area contributed by atoms with E-state index in [1.807, 2.05) is 56.4 Å². The van der Waals surface area contributed by atoms with Crippen molar-refractivity contribution in [1.29, 1.82) is 0 Å². The van der Waals surface area contributed by atoms with Crippen molar-refractivity contribution in [1.82, 2.24) is 9.97 Å². The molecule has 0 bridgehead atoms. The minimum atomic E-state index is -1.23. The van der Waals surface area contributed by atoms with Gasteiger partial charge in [0.2, 0.25) is 0 Å². The van der Waals surface area contributed by atoms with E-state index in [2.05, 4.69) is 115 Å². The van der Waals surface area contributed by atoms with Crippen LogP contribution in [0.4, 0.5) is 0 Å². The predicted molar refractivity (Wildman–Crippen MR) is 187 cm³/mol. The maximum atomic E-state index is 8.32. The van der Waals surface area contributed by atoms with Crippen molar-refractivity contribution >= 4 is 45.6 Å². The van der Waals surface area contributed by atoms with Crippen LogP contribution in [0.25, 0.3) is 54.8 Å². The molecule has 0 spiro atoms. The monoisotopic (exact) mass is 766 g/mol. The van der Waals surface area contributed by atoms with E-state index in [9.17, 15) is 0 Å². The van der Waals surface area contributed by atoms with Crippen LogP contribution < -0.4 is 5.19 Å². The van der Waals surface area contributed by atoms with Gasteiger partial charge in [0.05, 0.1) is 8.07 Å². The fourth-order valence-electron chi connectivity index (χ4n) is 5.43. The van der Waals surface area contributed by atoms with Crippen LogP contribution in [0.5, 0.6) is 0 Å². The number of fused-ring (bicyclic) bond motifs is 6. The predicted octanol–water partition coefficient (Wildman–Crippen LogP) is 10.2. The van der Waals surface area contributed by atoms with E-state index >= 15 is 0 Å². The Kier molecular flexibility index (Phi) is 9.13. The van der Waals surface area contributed by atoms with E-state index in [-0.39, 0.29) is 20.1 Å². The van der Waals surface area contributed by atoms with E-state index in [4.69, 9.17) is 1.37 Å². The van der Waals surface area contributed by atoms with Crippen molar-refractivity contribution in [3.8, 4) is 22.5 Å². The molecule has 2 nitrogen and oxygen atoms in total. The van der Waals surface area contributed by atoms with Gasteiger partial charge in [-0.2, -0.15) is 0 Å². The van der Waals surface area contributed by atoms with Crippen molar-refractivity contribution < 1.29 is 21.5 Å². The normalized spacial score (nSPS) is 11.9. The summed E-state index contributed by atoms with van der Waals surface area (Å²) in [7, 11) is -1.23. The van der Waals surface area contributed by atoms with Gasteiger partial charge in [0.25, 0.3) is 0 Å². The summed E-state index contributed by atoms with van der Waals surface area (Å²) in [4.78, 5) is 9.08. The number of rotatable bonds is 4. The molecule has 0 saturated carbocycles. The molecule has 0 saturated heterocycles. The van der Waals surface area contributed by atoms with E-state index in [0.29, 0.717) is 0 Å². The molecule has 0 N–H and O–H groups in total. The van der Waals surface area contributed by atoms with Crippen molar-refractivity contribution in [3.05, 3.63) is 139 Å². The van der Waals surface area contributed by atoms with Crippen LogP contribution in [0.2, 0.25) is 19.6 Å². The molecular weight excluding hydrogens is 729 g/mol. The number of benzene rings is 5. The second-order valence-corrected chi connectivity index (χ2v) is 17.2. The molecule has 0 fully saturated rings. The zero-order chi connectivity index (χ0) is 30.9. The van der Waals surface area contributed by atoms with E-state index in [0.717, 1.165) is 28.1 Å². The quantitative estimate of drug-likeness (QED) is 0.101. The fourth-order valence-corrected chi connectivity index (χ4v) is 6.46. The third-order valence-electron chi connectivity index (χ3n) is 7.90. The van der Waals surface area contributed by atoms with Crippen LogP contribution in [0, 0.1) is 12.1 Å². The summed E-state index contributed by atoms with van der Waals surface area (Å²) in [6.07, 6.45) is 3.81. The van der Waals surface area contributed by atoms with E-state index in [1.165, 1.54) is 37.5 Å². The van der Waals surface area contributed by atoms with Crippen LogP contribution in [0.15, 0.2) is 122 Å². The molecule has 1 radical (unpaired) electrons. The van der Waals surface area contributed by atoms with Gasteiger partial charge in [-0.1, -0.05) is 122 Å². The van der Waals surface area contributed by atoms with Gasteiger partial charge in [-0.15, -0.1) is 59.7 Å². The van der Waals surface area contributed by atoms with Crippen LogP contribution >= 0.6 is 0 Å². The Hall–Kier alpha value is -3.95. The van der Waals surface area contributed by atoms with Gasteiger partial charge >= 0.3 is 0 Å². The first-order chi connectivity index (χ1) is 21.1. The SMILES string of the molecule is C[Si](C)(C)c1ccc(-c2[c-]cccc2)nc1.[2H]C(C)(C)c1ccnc(-c2[c-]cc3c4ccccc4c4ccccc4c3c2)c1.[Ir]. The molecular formula is C40H36IrN2Si-2. The van der Waals surface area contributed by atoms with Crippen LogP contribution in [0.3, 0.4) is 0 Å². The second-order valence-electron chi connectivity index (χ2n) is 12.2. The summed E-state index contributed by atoms with van der Waals surface area (Å²) in [5.74, 6) is -0.655. The number of aromatic nitrogens is 2. The average Bonchev–Trinajstić information content (AvgIpc) is 3.05. The Bertz CT molecular complexity index is 2040. The van der Waals surface area contributed by atoms with Crippen molar-refractivity contribution in [2.75, 3.05) is 0 Å². The topological polar surface area (TPSA) is 25.8 Å². The Morgan fingerprint density at radius 3 is 1.84 bits per heavy atom. The zero-order valence-corrected chi connectivity index (χ0v) is 29.2. The van der Waals surface area contributed by atoms with E-state index in [1.54, 1.807) is 6.20 Å². The smallest absolute Gasteiger partial charge is 0.0795 e. The maximum Gasteiger partial charge on any atom is 0.0795 e.